The zero-order valence-corrected chi connectivity index (χ0v) is 10.1. The van der Waals surface area contributed by atoms with Crippen LogP contribution in [0.4, 0.5) is 0 Å². The van der Waals surface area contributed by atoms with Crippen molar-refractivity contribution in [3.05, 3.63) is 29.8 Å². The maximum absolute atomic E-state index is 12.0. The second kappa shape index (κ2) is 6.28. The third-order valence-corrected chi connectivity index (χ3v) is 2.52. The predicted octanol–water partition coefficient (Wildman–Crippen LogP) is 2.27. The maximum atomic E-state index is 12.0. The number of benzene rings is 1. The summed E-state index contributed by atoms with van der Waals surface area (Å²) in [4.78, 5) is 12.0. The van der Waals surface area contributed by atoms with E-state index in [1.807, 2.05) is 38.1 Å². The highest BCUT2D eigenvalue weighted by Gasteiger charge is 2.15. The van der Waals surface area contributed by atoms with Gasteiger partial charge in [0.05, 0.1) is 12.6 Å². The van der Waals surface area contributed by atoms with Crippen LogP contribution in [0.25, 0.3) is 0 Å². The standard InChI is InChI=1S/C13H19NO2/c1-4-12(14-3)13(15)10-6-8-11(9-7-10)16-5-2/h6-9,12,14H,4-5H2,1-3H3. The molecular weight excluding hydrogens is 202 g/mol. The second-order valence-corrected chi connectivity index (χ2v) is 3.57. The van der Waals surface area contributed by atoms with Crippen LogP contribution in [0, 0.1) is 0 Å². The number of carbonyl (C=O) groups is 1. The minimum Gasteiger partial charge on any atom is -0.494 e. The molecule has 0 aliphatic rings. The molecule has 0 radical (unpaired) electrons. The van der Waals surface area contributed by atoms with Crippen LogP contribution in [-0.4, -0.2) is 25.5 Å². The minimum atomic E-state index is -0.0991. The molecule has 1 atom stereocenters. The molecule has 1 rings (SSSR count). The normalized spacial score (nSPS) is 12.2. The van der Waals surface area contributed by atoms with Crippen LogP contribution in [0.3, 0.4) is 0 Å². The molecule has 88 valence electrons. The lowest BCUT2D eigenvalue weighted by Gasteiger charge is -2.12. The van der Waals surface area contributed by atoms with Gasteiger partial charge in [-0.15, -0.1) is 0 Å². The number of ether oxygens (including phenoxy) is 1. The molecule has 16 heavy (non-hydrogen) atoms. The lowest BCUT2D eigenvalue weighted by molar-refractivity contribution is 0.0945. The van der Waals surface area contributed by atoms with Crippen molar-refractivity contribution in [2.24, 2.45) is 0 Å². The Labute approximate surface area is 96.8 Å². The molecule has 1 N–H and O–H groups in total. The first-order valence-corrected chi connectivity index (χ1v) is 5.67. The number of ketones is 1. The van der Waals surface area contributed by atoms with Gasteiger partial charge in [-0.05, 0) is 44.7 Å². The van der Waals surface area contributed by atoms with Gasteiger partial charge in [-0.25, -0.2) is 0 Å². The van der Waals surface area contributed by atoms with Crippen LogP contribution in [-0.2, 0) is 0 Å². The van der Waals surface area contributed by atoms with Crippen LogP contribution in [0.1, 0.15) is 30.6 Å². The van der Waals surface area contributed by atoms with E-state index in [1.165, 1.54) is 0 Å². The Morgan fingerprint density at radius 3 is 2.38 bits per heavy atom. The number of likely N-dealkylation sites (N-methyl/N-ethyl adjacent to an activating group) is 1. The van der Waals surface area contributed by atoms with Crippen LogP contribution in [0.2, 0.25) is 0 Å². The van der Waals surface area contributed by atoms with Crippen molar-refractivity contribution in [2.75, 3.05) is 13.7 Å². The van der Waals surface area contributed by atoms with Gasteiger partial charge in [0, 0.05) is 5.56 Å². The highest BCUT2D eigenvalue weighted by molar-refractivity contribution is 6.00. The molecule has 0 aliphatic heterocycles. The summed E-state index contributed by atoms with van der Waals surface area (Å²) in [6.45, 7) is 4.57. The first-order valence-electron chi connectivity index (χ1n) is 5.67. The average Bonchev–Trinajstić information content (AvgIpc) is 2.32. The number of Topliss-reactive ketones (excluding diaryl/α,β-unsaturated/α-hetero) is 1. The zero-order chi connectivity index (χ0) is 12.0. The van der Waals surface area contributed by atoms with Gasteiger partial charge in [-0.3, -0.25) is 4.79 Å². The first-order chi connectivity index (χ1) is 7.72. The summed E-state index contributed by atoms with van der Waals surface area (Å²) in [5.41, 5.74) is 0.727. The molecule has 0 aromatic heterocycles. The molecule has 1 aromatic carbocycles. The minimum absolute atomic E-state index is 0.0991. The van der Waals surface area contributed by atoms with Crippen molar-refractivity contribution >= 4 is 5.78 Å². The number of carbonyl (C=O) groups excluding carboxylic acids is 1. The molecule has 0 heterocycles. The predicted molar refractivity (Wildman–Crippen MR) is 65.1 cm³/mol. The number of rotatable bonds is 6. The van der Waals surface area contributed by atoms with Crippen LogP contribution in [0.15, 0.2) is 24.3 Å². The lowest BCUT2D eigenvalue weighted by Crippen LogP contribution is -2.33. The van der Waals surface area contributed by atoms with Crippen LogP contribution in [0.5, 0.6) is 5.75 Å². The molecule has 0 bridgehead atoms. The summed E-state index contributed by atoms with van der Waals surface area (Å²) in [5, 5.41) is 3.01. The topological polar surface area (TPSA) is 38.3 Å². The smallest absolute Gasteiger partial charge is 0.179 e. The molecule has 0 amide bonds. The monoisotopic (exact) mass is 221 g/mol. The van der Waals surface area contributed by atoms with Gasteiger partial charge in [0.25, 0.3) is 0 Å². The van der Waals surface area contributed by atoms with E-state index in [0.717, 1.165) is 17.7 Å². The summed E-state index contributed by atoms with van der Waals surface area (Å²) in [5.74, 6) is 0.935. The number of hydrogen-bond acceptors (Lipinski definition) is 3. The summed E-state index contributed by atoms with van der Waals surface area (Å²) >= 11 is 0. The van der Waals surface area contributed by atoms with Crippen molar-refractivity contribution in [1.82, 2.24) is 5.32 Å². The average molecular weight is 221 g/mol. The van der Waals surface area contributed by atoms with E-state index in [9.17, 15) is 4.79 Å². The van der Waals surface area contributed by atoms with Gasteiger partial charge < -0.3 is 10.1 Å². The summed E-state index contributed by atoms with van der Waals surface area (Å²) in [7, 11) is 1.81. The van der Waals surface area contributed by atoms with E-state index < -0.39 is 0 Å². The molecule has 0 saturated heterocycles. The molecule has 3 heteroatoms. The Bertz CT molecular complexity index is 328. The fourth-order valence-corrected chi connectivity index (χ4v) is 1.60. The summed E-state index contributed by atoms with van der Waals surface area (Å²) in [6, 6.07) is 7.19. The number of nitrogens with one attached hydrogen (secondary N) is 1. The van der Waals surface area contributed by atoms with E-state index in [2.05, 4.69) is 5.32 Å². The Morgan fingerprint density at radius 2 is 1.94 bits per heavy atom. The first kappa shape index (κ1) is 12.7. The molecule has 3 nitrogen and oxygen atoms in total. The van der Waals surface area contributed by atoms with Crippen molar-refractivity contribution in [1.29, 1.82) is 0 Å². The highest BCUT2D eigenvalue weighted by atomic mass is 16.5. The maximum Gasteiger partial charge on any atom is 0.179 e. The molecule has 0 saturated carbocycles. The van der Waals surface area contributed by atoms with E-state index in [0.29, 0.717) is 6.61 Å². The van der Waals surface area contributed by atoms with Gasteiger partial charge in [0.15, 0.2) is 5.78 Å². The molecule has 0 aliphatic carbocycles. The van der Waals surface area contributed by atoms with Gasteiger partial charge >= 0.3 is 0 Å². The van der Waals surface area contributed by atoms with Gasteiger partial charge in [-0.1, -0.05) is 6.92 Å². The molecule has 1 unspecified atom stereocenters. The van der Waals surface area contributed by atoms with Crippen LogP contribution >= 0.6 is 0 Å². The third kappa shape index (κ3) is 3.07. The Kier molecular flexibility index (Phi) is 4.99. The quantitative estimate of drug-likeness (QED) is 0.749. The fourth-order valence-electron chi connectivity index (χ4n) is 1.60. The lowest BCUT2D eigenvalue weighted by atomic mass is 10.0. The molecule has 0 spiro atoms. The Hall–Kier alpha value is -1.35. The van der Waals surface area contributed by atoms with Crippen LogP contribution < -0.4 is 10.1 Å². The summed E-state index contributed by atoms with van der Waals surface area (Å²) in [6.07, 6.45) is 0.794. The number of hydrogen-bond donors (Lipinski definition) is 1. The largest absolute Gasteiger partial charge is 0.494 e. The fraction of sp³-hybridized carbons (Fsp3) is 0.462. The van der Waals surface area contributed by atoms with Crippen molar-refractivity contribution in [2.45, 2.75) is 26.3 Å². The van der Waals surface area contributed by atoms with Crippen molar-refractivity contribution < 1.29 is 9.53 Å². The molecular formula is C13H19NO2. The zero-order valence-electron chi connectivity index (χ0n) is 10.1. The van der Waals surface area contributed by atoms with E-state index in [4.69, 9.17) is 4.74 Å². The Morgan fingerprint density at radius 1 is 1.31 bits per heavy atom. The van der Waals surface area contributed by atoms with Gasteiger partial charge in [0.2, 0.25) is 0 Å². The van der Waals surface area contributed by atoms with E-state index in [1.54, 1.807) is 7.05 Å². The third-order valence-electron chi connectivity index (χ3n) is 2.52. The second-order valence-electron chi connectivity index (χ2n) is 3.57. The highest BCUT2D eigenvalue weighted by Crippen LogP contribution is 2.14. The molecule has 0 fully saturated rings. The van der Waals surface area contributed by atoms with E-state index >= 15 is 0 Å². The van der Waals surface area contributed by atoms with E-state index in [-0.39, 0.29) is 11.8 Å². The Balaban J connectivity index is 2.76. The SMILES string of the molecule is CCOc1ccc(C(=O)C(CC)NC)cc1. The van der Waals surface area contributed by atoms with Gasteiger partial charge in [-0.2, -0.15) is 0 Å². The van der Waals surface area contributed by atoms with Gasteiger partial charge in [0.1, 0.15) is 5.75 Å². The van der Waals surface area contributed by atoms with Crippen molar-refractivity contribution in [3.8, 4) is 5.75 Å². The van der Waals surface area contributed by atoms with Crippen molar-refractivity contribution in [3.63, 3.8) is 0 Å². The summed E-state index contributed by atoms with van der Waals surface area (Å²) < 4.78 is 5.33. The molecule has 1 aromatic rings.